The molecule has 0 aliphatic carbocycles. The summed E-state index contributed by atoms with van der Waals surface area (Å²) in [4.78, 5) is 44.2. The molecule has 3 rings (SSSR count). The Labute approximate surface area is 203 Å². The van der Waals surface area contributed by atoms with Crippen LogP contribution in [-0.2, 0) is 14.3 Å². The molecule has 2 aliphatic rings. The number of hydrogen-bond donors (Lipinski definition) is 1. The molecule has 8 heteroatoms. The van der Waals surface area contributed by atoms with Gasteiger partial charge in [-0.3, -0.25) is 14.5 Å². The summed E-state index contributed by atoms with van der Waals surface area (Å²) < 4.78 is 5.62. The number of nitrogens with zero attached hydrogens (tertiary/aromatic N) is 3. The third-order valence-corrected chi connectivity index (χ3v) is 6.30. The minimum absolute atomic E-state index is 0.00930. The highest BCUT2D eigenvalue weighted by atomic mass is 16.6. The molecule has 1 aromatic carbocycles. The zero-order valence-electron chi connectivity index (χ0n) is 21.5. The average Bonchev–Trinajstić information content (AvgIpc) is 2.84. The Morgan fingerprint density at radius 1 is 1.24 bits per heavy atom. The standard InChI is InChI=1S/C26H40N4O4/c1-18(2)29(25(33)34-26(4,5)6)16-20-10-9-13-28(15-20)17-24(32)30-19(3)14-23(31)27-21-11-7-8-12-22(21)30/h7-8,11-12,18-20H,9-10,13-17H2,1-6H3,(H,27,31). The number of rotatable bonds is 5. The van der Waals surface area contributed by atoms with Gasteiger partial charge in [0.25, 0.3) is 0 Å². The summed E-state index contributed by atoms with van der Waals surface area (Å²) in [6.07, 6.45) is 1.97. The highest BCUT2D eigenvalue weighted by Crippen LogP contribution is 2.31. The normalized spacial score (nSPS) is 21.5. The first-order chi connectivity index (χ1) is 15.9. The van der Waals surface area contributed by atoms with Gasteiger partial charge in [0, 0.05) is 31.6 Å². The van der Waals surface area contributed by atoms with Gasteiger partial charge in [0.05, 0.1) is 17.9 Å². The predicted octanol–water partition coefficient (Wildman–Crippen LogP) is 4.11. The van der Waals surface area contributed by atoms with Crippen molar-refractivity contribution in [3.63, 3.8) is 0 Å². The third kappa shape index (κ3) is 6.72. The van der Waals surface area contributed by atoms with Crippen molar-refractivity contribution in [2.45, 2.75) is 78.5 Å². The monoisotopic (exact) mass is 472 g/mol. The van der Waals surface area contributed by atoms with Gasteiger partial charge < -0.3 is 19.9 Å². The lowest BCUT2D eigenvalue weighted by atomic mass is 9.97. The van der Waals surface area contributed by atoms with Crippen molar-refractivity contribution in [2.24, 2.45) is 5.92 Å². The highest BCUT2D eigenvalue weighted by Gasteiger charge is 2.33. The minimum atomic E-state index is -0.536. The summed E-state index contributed by atoms with van der Waals surface area (Å²) in [6.45, 7) is 14.0. The summed E-state index contributed by atoms with van der Waals surface area (Å²) in [7, 11) is 0. The Morgan fingerprint density at radius 3 is 2.62 bits per heavy atom. The van der Waals surface area contributed by atoms with Crippen LogP contribution in [0.1, 0.15) is 60.8 Å². The zero-order chi connectivity index (χ0) is 25.0. The summed E-state index contributed by atoms with van der Waals surface area (Å²) >= 11 is 0. The van der Waals surface area contributed by atoms with Crippen molar-refractivity contribution in [3.05, 3.63) is 24.3 Å². The summed E-state index contributed by atoms with van der Waals surface area (Å²) in [6, 6.07) is 7.27. The van der Waals surface area contributed by atoms with Crippen molar-refractivity contribution < 1.29 is 19.1 Å². The molecule has 1 N–H and O–H groups in total. The van der Waals surface area contributed by atoms with Crippen molar-refractivity contribution in [1.29, 1.82) is 0 Å². The number of carbonyl (C=O) groups excluding carboxylic acids is 3. The molecule has 2 unspecified atom stereocenters. The molecular formula is C26H40N4O4. The molecule has 2 atom stereocenters. The van der Waals surface area contributed by atoms with E-state index < -0.39 is 5.60 Å². The first-order valence-electron chi connectivity index (χ1n) is 12.4. The quantitative estimate of drug-likeness (QED) is 0.698. The lowest BCUT2D eigenvalue weighted by molar-refractivity contribution is -0.120. The van der Waals surface area contributed by atoms with E-state index in [9.17, 15) is 14.4 Å². The molecule has 2 aliphatic heterocycles. The SMILES string of the molecule is CC(C)N(CC1CCCN(CC(=O)N2c3ccccc3NC(=O)CC2C)C1)C(=O)OC(C)(C)C. The second-order valence-corrected chi connectivity index (χ2v) is 10.9. The number of hydrogen-bond acceptors (Lipinski definition) is 5. The molecule has 188 valence electrons. The van der Waals surface area contributed by atoms with E-state index in [1.54, 1.807) is 9.80 Å². The van der Waals surface area contributed by atoms with Crippen LogP contribution in [0, 0.1) is 5.92 Å². The molecule has 34 heavy (non-hydrogen) atoms. The molecule has 0 aromatic heterocycles. The maximum atomic E-state index is 13.5. The zero-order valence-corrected chi connectivity index (χ0v) is 21.5. The van der Waals surface area contributed by atoms with Gasteiger partial charge in [-0.1, -0.05) is 12.1 Å². The molecular weight excluding hydrogens is 432 g/mol. The minimum Gasteiger partial charge on any atom is -0.444 e. The average molecular weight is 473 g/mol. The number of fused-ring (bicyclic) bond motifs is 1. The van der Waals surface area contributed by atoms with Gasteiger partial charge in [-0.15, -0.1) is 0 Å². The number of anilines is 2. The number of piperidine rings is 1. The fourth-order valence-corrected chi connectivity index (χ4v) is 4.77. The van der Waals surface area contributed by atoms with Gasteiger partial charge in [0.2, 0.25) is 11.8 Å². The van der Waals surface area contributed by atoms with Crippen LogP contribution in [0.25, 0.3) is 0 Å². The predicted molar refractivity (Wildman–Crippen MR) is 134 cm³/mol. The smallest absolute Gasteiger partial charge is 0.410 e. The fourth-order valence-electron chi connectivity index (χ4n) is 4.77. The van der Waals surface area contributed by atoms with Crippen LogP contribution in [0.4, 0.5) is 16.2 Å². The van der Waals surface area contributed by atoms with Crippen LogP contribution in [0.15, 0.2) is 24.3 Å². The Balaban J connectivity index is 1.67. The Hall–Kier alpha value is -2.61. The van der Waals surface area contributed by atoms with Crippen molar-refractivity contribution in [2.75, 3.05) is 36.4 Å². The molecule has 2 heterocycles. The van der Waals surface area contributed by atoms with E-state index in [0.29, 0.717) is 12.2 Å². The van der Waals surface area contributed by atoms with Crippen LogP contribution in [-0.4, -0.2) is 71.6 Å². The van der Waals surface area contributed by atoms with Crippen molar-refractivity contribution >= 4 is 29.3 Å². The first kappa shape index (κ1) is 26.0. The lowest BCUT2D eigenvalue weighted by Crippen LogP contribution is -2.50. The second kappa shape index (κ2) is 10.8. The number of para-hydroxylation sites is 2. The van der Waals surface area contributed by atoms with Crippen LogP contribution >= 0.6 is 0 Å². The molecule has 1 aromatic rings. The highest BCUT2D eigenvalue weighted by molar-refractivity contribution is 6.04. The van der Waals surface area contributed by atoms with Crippen molar-refractivity contribution in [3.8, 4) is 0 Å². The van der Waals surface area contributed by atoms with E-state index in [2.05, 4.69) is 10.2 Å². The number of carbonyl (C=O) groups is 3. The summed E-state index contributed by atoms with van der Waals surface area (Å²) in [5, 5.41) is 2.91. The molecule has 0 spiro atoms. The summed E-state index contributed by atoms with van der Waals surface area (Å²) in [5.41, 5.74) is 0.882. The van der Waals surface area contributed by atoms with E-state index >= 15 is 0 Å². The van der Waals surface area contributed by atoms with Crippen LogP contribution < -0.4 is 10.2 Å². The van der Waals surface area contributed by atoms with E-state index in [-0.39, 0.29) is 48.9 Å². The maximum Gasteiger partial charge on any atom is 0.410 e. The molecule has 8 nitrogen and oxygen atoms in total. The molecule has 1 fully saturated rings. The van der Waals surface area contributed by atoms with Crippen molar-refractivity contribution in [1.82, 2.24) is 9.80 Å². The van der Waals surface area contributed by atoms with E-state index in [4.69, 9.17) is 4.74 Å². The Kier molecular flexibility index (Phi) is 8.23. The number of benzene rings is 1. The maximum absolute atomic E-state index is 13.5. The number of ether oxygens (including phenoxy) is 1. The third-order valence-electron chi connectivity index (χ3n) is 6.30. The number of amides is 3. The Morgan fingerprint density at radius 2 is 1.94 bits per heavy atom. The van der Waals surface area contributed by atoms with Gasteiger partial charge in [0.1, 0.15) is 5.60 Å². The van der Waals surface area contributed by atoms with E-state index in [1.165, 1.54) is 0 Å². The molecule has 1 saturated heterocycles. The second-order valence-electron chi connectivity index (χ2n) is 10.9. The molecule has 0 radical (unpaired) electrons. The fraction of sp³-hybridized carbons (Fsp3) is 0.654. The first-order valence-corrected chi connectivity index (χ1v) is 12.4. The lowest BCUT2D eigenvalue weighted by Gasteiger charge is -2.38. The van der Waals surface area contributed by atoms with Crippen LogP contribution in [0.5, 0.6) is 0 Å². The summed E-state index contributed by atoms with van der Waals surface area (Å²) in [5.74, 6) is 0.183. The van der Waals surface area contributed by atoms with Gasteiger partial charge in [-0.2, -0.15) is 0 Å². The molecule has 0 saturated carbocycles. The van der Waals surface area contributed by atoms with Gasteiger partial charge in [-0.05, 0) is 79.0 Å². The van der Waals surface area contributed by atoms with Gasteiger partial charge >= 0.3 is 6.09 Å². The van der Waals surface area contributed by atoms with Gasteiger partial charge in [0.15, 0.2) is 0 Å². The van der Waals surface area contributed by atoms with Crippen LogP contribution in [0.3, 0.4) is 0 Å². The number of likely N-dealkylation sites (tertiary alicyclic amines) is 1. The number of nitrogens with one attached hydrogen (secondary N) is 1. The topological polar surface area (TPSA) is 82.2 Å². The molecule has 3 amide bonds. The molecule has 0 bridgehead atoms. The van der Waals surface area contributed by atoms with Crippen LogP contribution in [0.2, 0.25) is 0 Å². The largest absolute Gasteiger partial charge is 0.444 e. The Bertz CT molecular complexity index is 895. The van der Waals surface area contributed by atoms with Gasteiger partial charge in [-0.25, -0.2) is 4.79 Å². The van der Waals surface area contributed by atoms with E-state index in [0.717, 1.165) is 31.6 Å². The van der Waals surface area contributed by atoms with E-state index in [1.807, 2.05) is 65.8 Å².